The smallest absolute Gasteiger partial charge is 0.315 e. The number of halogens is 1. The fraction of sp³-hybridized carbons (Fsp3) is 0.364. The molecule has 0 saturated carbocycles. The number of urea groups is 1. The van der Waals surface area contributed by atoms with Crippen molar-refractivity contribution in [3.63, 3.8) is 0 Å². The van der Waals surface area contributed by atoms with Gasteiger partial charge in [0.25, 0.3) is 5.91 Å². The first-order valence-electron chi connectivity index (χ1n) is 5.27. The summed E-state index contributed by atoms with van der Waals surface area (Å²) in [4.78, 5) is 30.7. The molecule has 1 aromatic heterocycles. The number of carbonyl (C=O) groups excluding carboxylic acids is 2. The zero-order valence-corrected chi connectivity index (χ0v) is 11.1. The molecule has 0 N–H and O–H groups in total. The third kappa shape index (κ3) is 1.93. The highest BCUT2D eigenvalue weighted by molar-refractivity contribution is 9.10. The molecule has 1 fully saturated rings. The number of rotatable bonds is 2. The van der Waals surface area contributed by atoms with Crippen molar-refractivity contribution in [1.29, 1.82) is 0 Å². The third-order valence-corrected chi connectivity index (χ3v) is 3.23. The molecule has 0 unspecified atom stereocenters. The summed E-state index contributed by atoms with van der Waals surface area (Å²) in [7, 11) is 1.64. The molecule has 1 saturated heterocycles. The summed E-state index contributed by atoms with van der Waals surface area (Å²) in [6.07, 6.45) is 3.72. The van der Waals surface area contributed by atoms with Crippen molar-refractivity contribution in [1.82, 2.24) is 9.88 Å². The van der Waals surface area contributed by atoms with Gasteiger partial charge in [-0.25, -0.2) is 9.69 Å². The highest BCUT2D eigenvalue weighted by atomic mass is 79.9. The van der Waals surface area contributed by atoms with E-state index in [0.717, 1.165) is 4.47 Å². The van der Waals surface area contributed by atoms with Crippen LogP contribution in [0, 0.1) is 0 Å². The summed E-state index contributed by atoms with van der Waals surface area (Å²) in [5, 5.41) is 0. The van der Waals surface area contributed by atoms with Crippen LogP contribution in [0.5, 0.6) is 0 Å². The van der Waals surface area contributed by atoms with Gasteiger partial charge in [0.15, 0.2) is 0 Å². The Labute approximate surface area is 108 Å². The molecule has 90 valence electrons. The fourth-order valence-electron chi connectivity index (χ4n) is 1.91. The second-order valence-electron chi connectivity index (χ2n) is 3.85. The zero-order valence-electron chi connectivity index (χ0n) is 9.55. The van der Waals surface area contributed by atoms with E-state index in [-0.39, 0.29) is 18.0 Å². The number of likely N-dealkylation sites (N-methyl/N-ethyl adjacent to an activating group) is 1. The number of aromatic nitrogens is 1. The lowest BCUT2D eigenvalue weighted by atomic mass is 10.2. The van der Waals surface area contributed by atoms with Gasteiger partial charge in [-0.1, -0.05) is 6.92 Å². The van der Waals surface area contributed by atoms with E-state index in [1.54, 1.807) is 19.3 Å². The topological polar surface area (TPSA) is 53.5 Å². The van der Waals surface area contributed by atoms with Gasteiger partial charge in [-0.05, 0) is 28.4 Å². The molecule has 1 aliphatic heterocycles. The maximum absolute atomic E-state index is 12.1. The van der Waals surface area contributed by atoms with Crippen LogP contribution in [0.3, 0.4) is 0 Å². The molecule has 0 spiro atoms. The largest absolute Gasteiger partial charge is 0.331 e. The number of hydrogen-bond acceptors (Lipinski definition) is 3. The lowest BCUT2D eigenvalue weighted by Gasteiger charge is -2.13. The van der Waals surface area contributed by atoms with Crippen LogP contribution in [0.15, 0.2) is 22.9 Å². The number of hydrogen-bond donors (Lipinski definition) is 0. The van der Waals surface area contributed by atoms with E-state index in [9.17, 15) is 9.59 Å². The Hall–Kier alpha value is -1.43. The van der Waals surface area contributed by atoms with Crippen molar-refractivity contribution in [3.8, 4) is 0 Å². The minimum Gasteiger partial charge on any atom is -0.315 e. The number of anilines is 1. The quantitative estimate of drug-likeness (QED) is 0.785. The lowest BCUT2D eigenvalue weighted by Crippen LogP contribution is -2.31. The fourth-order valence-corrected chi connectivity index (χ4v) is 2.26. The molecule has 2 heterocycles. The van der Waals surface area contributed by atoms with Crippen molar-refractivity contribution in [2.75, 3.05) is 11.9 Å². The summed E-state index contributed by atoms with van der Waals surface area (Å²) >= 11 is 3.27. The van der Waals surface area contributed by atoms with Crippen molar-refractivity contribution in [2.45, 2.75) is 19.4 Å². The van der Waals surface area contributed by atoms with Crippen molar-refractivity contribution >= 4 is 33.6 Å². The van der Waals surface area contributed by atoms with E-state index < -0.39 is 0 Å². The van der Waals surface area contributed by atoms with E-state index in [1.165, 1.54) is 16.0 Å². The molecule has 17 heavy (non-hydrogen) atoms. The Kier molecular flexibility index (Phi) is 3.15. The average Bonchev–Trinajstić information content (AvgIpc) is 2.50. The van der Waals surface area contributed by atoms with E-state index >= 15 is 0 Å². The summed E-state index contributed by atoms with van der Waals surface area (Å²) < 4.78 is 0.734. The summed E-state index contributed by atoms with van der Waals surface area (Å²) in [5.74, 6) is -0.195. The SMILES string of the molecule is CC[C@H]1C(=O)N(c2cncc(Br)c2)C(=O)N1C. The monoisotopic (exact) mass is 297 g/mol. The van der Waals surface area contributed by atoms with Crippen LogP contribution >= 0.6 is 15.9 Å². The van der Waals surface area contributed by atoms with Crippen molar-refractivity contribution in [3.05, 3.63) is 22.9 Å². The maximum atomic E-state index is 12.1. The average molecular weight is 298 g/mol. The van der Waals surface area contributed by atoms with Gasteiger partial charge in [-0.2, -0.15) is 0 Å². The first-order valence-corrected chi connectivity index (χ1v) is 6.07. The summed E-state index contributed by atoms with van der Waals surface area (Å²) in [5.41, 5.74) is 0.497. The van der Waals surface area contributed by atoms with Gasteiger partial charge in [0, 0.05) is 17.7 Å². The Morgan fingerprint density at radius 3 is 2.65 bits per heavy atom. The normalized spacial score (nSPS) is 20.3. The zero-order chi connectivity index (χ0) is 12.6. The second kappa shape index (κ2) is 4.44. The highest BCUT2D eigenvalue weighted by Crippen LogP contribution is 2.26. The van der Waals surface area contributed by atoms with E-state index in [4.69, 9.17) is 0 Å². The molecular formula is C11H12BrN3O2. The molecule has 1 atom stereocenters. The Morgan fingerprint density at radius 1 is 1.41 bits per heavy atom. The Balaban J connectivity index is 2.40. The van der Waals surface area contributed by atoms with Gasteiger partial charge in [-0.15, -0.1) is 0 Å². The van der Waals surface area contributed by atoms with Crippen LogP contribution in [0.4, 0.5) is 10.5 Å². The van der Waals surface area contributed by atoms with Crippen LogP contribution in [0.1, 0.15) is 13.3 Å². The van der Waals surface area contributed by atoms with E-state index in [1.807, 2.05) is 6.92 Å². The summed E-state index contributed by atoms with van der Waals surface area (Å²) in [6.45, 7) is 1.88. The molecular weight excluding hydrogens is 286 g/mol. The molecule has 0 bridgehead atoms. The number of nitrogens with zero attached hydrogens (tertiary/aromatic N) is 3. The first kappa shape index (κ1) is 12.0. The van der Waals surface area contributed by atoms with E-state index in [2.05, 4.69) is 20.9 Å². The molecule has 1 aliphatic rings. The van der Waals surface area contributed by atoms with Gasteiger partial charge < -0.3 is 4.90 Å². The van der Waals surface area contributed by atoms with Crippen molar-refractivity contribution < 1.29 is 9.59 Å². The molecule has 0 radical (unpaired) electrons. The summed E-state index contributed by atoms with van der Waals surface area (Å²) in [6, 6.07) is 1.03. The molecule has 5 nitrogen and oxygen atoms in total. The minimum absolute atomic E-state index is 0.195. The van der Waals surface area contributed by atoms with Gasteiger partial charge >= 0.3 is 6.03 Å². The predicted octanol–water partition coefficient (Wildman–Crippen LogP) is 2.02. The highest BCUT2D eigenvalue weighted by Gasteiger charge is 2.42. The molecule has 0 aromatic carbocycles. The van der Waals surface area contributed by atoms with Crippen LogP contribution in [-0.4, -0.2) is 34.9 Å². The maximum Gasteiger partial charge on any atom is 0.331 e. The number of carbonyl (C=O) groups is 2. The number of amides is 3. The van der Waals surface area contributed by atoms with Gasteiger partial charge in [0.05, 0.1) is 11.9 Å². The second-order valence-corrected chi connectivity index (χ2v) is 4.77. The van der Waals surface area contributed by atoms with Crippen LogP contribution in [0.2, 0.25) is 0 Å². The minimum atomic E-state index is -0.374. The molecule has 0 aliphatic carbocycles. The molecule has 1 aromatic rings. The van der Waals surface area contributed by atoms with Crippen LogP contribution in [-0.2, 0) is 4.79 Å². The van der Waals surface area contributed by atoms with Crippen molar-refractivity contribution in [2.24, 2.45) is 0 Å². The van der Waals surface area contributed by atoms with Crippen LogP contribution < -0.4 is 4.90 Å². The van der Waals surface area contributed by atoms with Gasteiger partial charge in [-0.3, -0.25) is 9.78 Å². The predicted molar refractivity (Wildman–Crippen MR) is 66.7 cm³/mol. The van der Waals surface area contributed by atoms with Crippen LogP contribution in [0.25, 0.3) is 0 Å². The molecule has 2 rings (SSSR count). The number of pyridine rings is 1. The van der Waals surface area contributed by atoms with E-state index in [0.29, 0.717) is 12.1 Å². The first-order chi connectivity index (χ1) is 8.06. The third-order valence-electron chi connectivity index (χ3n) is 2.80. The number of imide groups is 1. The van der Waals surface area contributed by atoms with Gasteiger partial charge in [0.2, 0.25) is 0 Å². The Bertz CT molecular complexity index is 478. The molecule has 6 heteroatoms. The van der Waals surface area contributed by atoms with Gasteiger partial charge in [0.1, 0.15) is 6.04 Å². The lowest BCUT2D eigenvalue weighted by molar-refractivity contribution is -0.119. The Morgan fingerprint density at radius 2 is 2.12 bits per heavy atom. The molecule has 3 amide bonds. The standard InChI is InChI=1S/C11H12BrN3O2/c1-3-9-10(16)15(11(17)14(9)2)8-4-7(12)5-13-6-8/h4-6,9H,3H2,1-2H3/t9-/m0/s1.